The molecule has 2 rings (SSSR count). The Morgan fingerprint density at radius 2 is 2.04 bits per heavy atom. The molecule has 1 aliphatic rings. The molecule has 0 saturated carbocycles. The number of carboxylic acid groups (broad SMARTS) is 1. The smallest absolute Gasteiger partial charge is 0.408 e. The van der Waals surface area contributed by atoms with Gasteiger partial charge >= 0.3 is 12.1 Å². The van der Waals surface area contributed by atoms with E-state index in [0.29, 0.717) is 17.9 Å². The predicted octanol–water partition coefficient (Wildman–Crippen LogP) is 1.31. The van der Waals surface area contributed by atoms with Crippen LogP contribution in [-0.2, 0) is 27.3 Å². The molecule has 0 aromatic carbocycles. The summed E-state index contributed by atoms with van der Waals surface area (Å²) >= 11 is 0. The summed E-state index contributed by atoms with van der Waals surface area (Å²) in [6, 6.07) is -0.579. The molecule has 1 unspecified atom stereocenters. The minimum absolute atomic E-state index is 0.119. The summed E-state index contributed by atoms with van der Waals surface area (Å²) in [5, 5.41) is 12.8. The van der Waals surface area contributed by atoms with Crippen molar-refractivity contribution in [3.63, 3.8) is 0 Å². The summed E-state index contributed by atoms with van der Waals surface area (Å²) in [6.07, 6.45) is -4.76. The molecule has 1 amide bonds. The van der Waals surface area contributed by atoms with E-state index < -0.39 is 24.7 Å². The molecule has 1 N–H and O–H groups in total. The molecule has 0 spiro atoms. The summed E-state index contributed by atoms with van der Waals surface area (Å²) in [7, 11) is 0. The van der Waals surface area contributed by atoms with E-state index in [1.54, 1.807) is 6.92 Å². The van der Waals surface area contributed by atoms with Gasteiger partial charge in [-0.3, -0.25) is 14.3 Å². The number of carbonyl (C=O) groups is 2. The lowest BCUT2D eigenvalue weighted by Gasteiger charge is -2.35. The second kappa shape index (κ2) is 7.42. The lowest BCUT2D eigenvalue weighted by atomic mass is 10.1. The summed E-state index contributed by atoms with van der Waals surface area (Å²) in [5.41, 5.74) is 1.08. The number of aliphatic carboxylic acids is 1. The van der Waals surface area contributed by atoms with Gasteiger partial charge in [0.1, 0.15) is 6.54 Å². The van der Waals surface area contributed by atoms with Gasteiger partial charge in [-0.05, 0) is 13.8 Å². The largest absolute Gasteiger partial charge is 0.481 e. The first-order valence-corrected chi connectivity index (χ1v) is 7.77. The van der Waals surface area contributed by atoms with E-state index >= 15 is 0 Å². The van der Waals surface area contributed by atoms with Gasteiger partial charge in [-0.15, -0.1) is 0 Å². The molecule has 1 atom stereocenters. The maximum absolute atomic E-state index is 12.6. The highest BCUT2D eigenvalue weighted by molar-refractivity contribution is 5.80. The third-order valence-electron chi connectivity index (χ3n) is 4.15. The number of nitrogens with zero attached hydrogens (tertiary/aromatic N) is 3. The van der Waals surface area contributed by atoms with Crippen LogP contribution in [0.15, 0.2) is 0 Å². The molecule has 0 bridgehead atoms. The van der Waals surface area contributed by atoms with E-state index in [1.165, 1.54) is 11.8 Å². The Bertz CT molecular complexity index is 657. The SMILES string of the molecule is Cc1nn(CC(F)(F)F)c(C)c1CC(=O)N1CCOCC1CC(=O)O. The molecule has 2 heterocycles. The zero-order chi connectivity index (χ0) is 18.8. The summed E-state index contributed by atoms with van der Waals surface area (Å²) in [5.74, 6) is -1.38. The van der Waals surface area contributed by atoms with Gasteiger partial charge < -0.3 is 14.7 Å². The molecule has 1 aromatic rings. The summed E-state index contributed by atoms with van der Waals surface area (Å²) < 4.78 is 43.8. The molecule has 10 heteroatoms. The first kappa shape index (κ1) is 19.2. The Morgan fingerprint density at radius 1 is 1.36 bits per heavy atom. The highest BCUT2D eigenvalue weighted by atomic mass is 19.4. The number of aryl methyl sites for hydroxylation is 1. The lowest BCUT2D eigenvalue weighted by molar-refractivity contribution is -0.146. The molecule has 7 nitrogen and oxygen atoms in total. The maximum atomic E-state index is 12.6. The molecule has 1 aliphatic heterocycles. The van der Waals surface area contributed by atoms with Crippen LogP contribution in [0.3, 0.4) is 0 Å². The van der Waals surface area contributed by atoms with Crippen molar-refractivity contribution in [1.29, 1.82) is 0 Å². The van der Waals surface area contributed by atoms with E-state index in [2.05, 4.69) is 5.10 Å². The van der Waals surface area contributed by atoms with Crippen molar-refractivity contribution in [3.8, 4) is 0 Å². The fraction of sp³-hybridized carbons (Fsp3) is 0.667. The first-order valence-electron chi connectivity index (χ1n) is 7.77. The van der Waals surface area contributed by atoms with Gasteiger partial charge in [0.2, 0.25) is 5.91 Å². The van der Waals surface area contributed by atoms with Gasteiger partial charge in [-0.1, -0.05) is 0 Å². The molecule has 0 aliphatic carbocycles. The van der Waals surface area contributed by atoms with Crippen molar-refractivity contribution in [3.05, 3.63) is 17.0 Å². The Balaban J connectivity index is 2.15. The Kier molecular flexibility index (Phi) is 5.71. The second-order valence-corrected chi connectivity index (χ2v) is 6.01. The minimum Gasteiger partial charge on any atom is -0.481 e. The van der Waals surface area contributed by atoms with Crippen LogP contribution in [0.1, 0.15) is 23.4 Å². The van der Waals surface area contributed by atoms with Crippen molar-refractivity contribution in [2.45, 2.75) is 45.5 Å². The number of hydrogen-bond acceptors (Lipinski definition) is 4. The zero-order valence-corrected chi connectivity index (χ0v) is 14.0. The first-order chi connectivity index (χ1) is 11.6. The predicted molar refractivity (Wildman–Crippen MR) is 80.0 cm³/mol. The molecule has 140 valence electrons. The molecular weight excluding hydrogens is 343 g/mol. The number of carboxylic acids is 1. The normalized spacial score (nSPS) is 18.4. The average molecular weight is 363 g/mol. The standard InChI is InChI=1S/C15H20F3N3O4/c1-9-12(10(2)21(19-9)8-15(16,17)18)6-13(22)20-3-4-25-7-11(20)5-14(23)24/h11H,3-8H2,1-2H3,(H,23,24). The second-order valence-electron chi connectivity index (χ2n) is 6.01. The van der Waals surface area contributed by atoms with E-state index in [1.807, 2.05) is 0 Å². The lowest BCUT2D eigenvalue weighted by Crippen LogP contribution is -2.50. The van der Waals surface area contributed by atoms with Gasteiger partial charge in [0.25, 0.3) is 0 Å². The third-order valence-corrected chi connectivity index (χ3v) is 4.15. The Hall–Kier alpha value is -2.10. The van der Waals surface area contributed by atoms with Crippen LogP contribution in [-0.4, -0.2) is 63.6 Å². The molecule has 1 aromatic heterocycles. The van der Waals surface area contributed by atoms with Crippen LogP contribution < -0.4 is 0 Å². The fourth-order valence-electron chi connectivity index (χ4n) is 2.92. The zero-order valence-electron chi connectivity index (χ0n) is 14.0. The molecule has 1 saturated heterocycles. The van der Waals surface area contributed by atoms with E-state index in [0.717, 1.165) is 4.68 Å². The van der Waals surface area contributed by atoms with Crippen LogP contribution in [0.25, 0.3) is 0 Å². The quantitative estimate of drug-likeness (QED) is 0.853. The van der Waals surface area contributed by atoms with Gasteiger partial charge in [-0.25, -0.2) is 0 Å². The number of amides is 1. The topological polar surface area (TPSA) is 84.7 Å². The highest BCUT2D eigenvalue weighted by Crippen LogP contribution is 2.22. The van der Waals surface area contributed by atoms with E-state index in [-0.39, 0.29) is 37.6 Å². The highest BCUT2D eigenvalue weighted by Gasteiger charge is 2.32. The molecule has 0 radical (unpaired) electrons. The number of ether oxygens (including phenoxy) is 1. The van der Waals surface area contributed by atoms with Crippen LogP contribution in [0.4, 0.5) is 13.2 Å². The average Bonchev–Trinajstić information content (AvgIpc) is 2.73. The van der Waals surface area contributed by atoms with Gasteiger partial charge in [-0.2, -0.15) is 18.3 Å². The van der Waals surface area contributed by atoms with E-state index in [9.17, 15) is 22.8 Å². The van der Waals surface area contributed by atoms with Crippen LogP contribution >= 0.6 is 0 Å². The summed E-state index contributed by atoms with van der Waals surface area (Å²) in [6.45, 7) is 2.51. The van der Waals surface area contributed by atoms with Crippen LogP contribution in [0.2, 0.25) is 0 Å². The monoisotopic (exact) mass is 363 g/mol. The fourth-order valence-corrected chi connectivity index (χ4v) is 2.92. The molecule has 1 fully saturated rings. The third kappa shape index (κ3) is 4.94. The maximum Gasteiger partial charge on any atom is 0.408 e. The van der Waals surface area contributed by atoms with Crippen molar-refractivity contribution in [2.24, 2.45) is 0 Å². The van der Waals surface area contributed by atoms with E-state index in [4.69, 9.17) is 9.84 Å². The minimum atomic E-state index is -4.40. The number of halogens is 3. The number of alkyl halides is 3. The van der Waals surface area contributed by atoms with Crippen molar-refractivity contribution < 1.29 is 32.6 Å². The molecule has 25 heavy (non-hydrogen) atoms. The Morgan fingerprint density at radius 3 is 2.64 bits per heavy atom. The summed E-state index contributed by atoms with van der Waals surface area (Å²) in [4.78, 5) is 24.9. The van der Waals surface area contributed by atoms with Crippen molar-refractivity contribution in [1.82, 2.24) is 14.7 Å². The number of morpholine rings is 1. The van der Waals surface area contributed by atoms with Crippen LogP contribution in [0, 0.1) is 13.8 Å². The van der Waals surface area contributed by atoms with Crippen molar-refractivity contribution in [2.75, 3.05) is 19.8 Å². The number of aromatic nitrogens is 2. The van der Waals surface area contributed by atoms with Crippen molar-refractivity contribution >= 4 is 11.9 Å². The Labute approximate surface area is 142 Å². The van der Waals surface area contributed by atoms with Crippen LogP contribution in [0.5, 0.6) is 0 Å². The van der Waals surface area contributed by atoms with Gasteiger partial charge in [0.15, 0.2) is 0 Å². The van der Waals surface area contributed by atoms with Gasteiger partial charge in [0.05, 0.1) is 37.8 Å². The number of hydrogen-bond donors (Lipinski definition) is 1. The molecular formula is C15H20F3N3O4. The number of carbonyl (C=O) groups excluding carboxylic acids is 1. The number of rotatable bonds is 5. The van der Waals surface area contributed by atoms with Gasteiger partial charge in [0, 0.05) is 17.8 Å².